The smallest absolute Gasteiger partial charge is 0.246 e. The van der Waals surface area contributed by atoms with Crippen LogP contribution in [-0.4, -0.2) is 82.8 Å². The molecule has 0 unspecified atom stereocenters. The highest BCUT2D eigenvalue weighted by Crippen LogP contribution is 2.24. The van der Waals surface area contributed by atoms with E-state index >= 15 is 0 Å². The zero-order valence-corrected chi connectivity index (χ0v) is 15.5. The van der Waals surface area contributed by atoms with Crippen molar-refractivity contribution in [1.29, 1.82) is 0 Å². The maximum Gasteiger partial charge on any atom is 0.246 e. The van der Waals surface area contributed by atoms with E-state index in [9.17, 15) is 9.59 Å². The highest BCUT2D eigenvalue weighted by molar-refractivity contribution is 5.77. The Hall–Kier alpha value is -2.07. The first-order valence-corrected chi connectivity index (χ1v) is 9.15. The first kappa shape index (κ1) is 20.2. The summed E-state index contributed by atoms with van der Waals surface area (Å²) in [7, 11) is 2.01. The molecule has 1 saturated heterocycles. The lowest BCUT2D eigenvalue weighted by molar-refractivity contribution is -0.126. The number of carbonyl (C=O) groups is 2. The third-order valence-corrected chi connectivity index (χ3v) is 4.67. The molecule has 2 heterocycles. The van der Waals surface area contributed by atoms with Gasteiger partial charge in [0.2, 0.25) is 11.8 Å². The van der Waals surface area contributed by atoms with Gasteiger partial charge in [0, 0.05) is 44.6 Å². The SMILES string of the molecule is CCOCC(=O)NC[C@@H]1CC[C@H](CC(=O)NCCCc2nn[nH]n2)N1C. The molecular formula is C16H29N7O3. The molecule has 2 atom stereocenters. The third-order valence-electron chi connectivity index (χ3n) is 4.67. The first-order chi connectivity index (χ1) is 12.6. The van der Waals surface area contributed by atoms with Crippen molar-refractivity contribution in [2.24, 2.45) is 0 Å². The number of nitrogens with zero attached hydrogens (tertiary/aromatic N) is 4. The molecule has 2 amide bonds. The fourth-order valence-corrected chi connectivity index (χ4v) is 3.11. The molecule has 1 aliphatic rings. The van der Waals surface area contributed by atoms with Crippen LogP contribution in [0.5, 0.6) is 0 Å². The highest BCUT2D eigenvalue weighted by Gasteiger charge is 2.31. The van der Waals surface area contributed by atoms with Gasteiger partial charge in [0.15, 0.2) is 5.82 Å². The highest BCUT2D eigenvalue weighted by atomic mass is 16.5. The molecule has 0 radical (unpaired) electrons. The van der Waals surface area contributed by atoms with Gasteiger partial charge in [0.25, 0.3) is 0 Å². The van der Waals surface area contributed by atoms with Crippen molar-refractivity contribution in [3.05, 3.63) is 5.82 Å². The summed E-state index contributed by atoms with van der Waals surface area (Å²) < 4.78 is 5.09. The number of tetrazole rings is 1. The van der Waals surface area contributed by atoms with Crippen molar-refractivity contribution in [1.82, 2.24) is 36.2 Å². The standard InChI is InChI=1S/C16H29N7O3/c1-3-26-11-16(25)18-10-13-7-6-12(23(13)2)9-15(24)17-8-4-5-14-19-21-22-20-14/h12-13H,3-11H2,1-2H3,(H,17,24)(H,18,25)(H,19,20,21,22)/t12-,13+/m1/s1. The summed E-state index contributed by atoms with van der Waals surface area (Å²) in [4.78, 5) is 25.9. The van der Waals surface area contributed by atoms with E-state index in [4.69, 9.17) is 4.74 Å². The molecule has 10 nitrogen and oxygen atoms in total. The molecule has 0 bridgehead atoms. The second-order valence-corrected chi connectivity index (χ2v) is 6.48. The summed E-state index contributed by atoms with van der Waals surface area (Å²) in [5.41, 5.74) is 0. The number of hydrogen-bond acceptors (Lipinski definition) is 7. The van der Waals surface area contributed by atoms with Crippen molar-refractivity contribution < 1.29 is 14.3 Å². The summed E-state index contributed by atoms with van der Waals surface area (Å²) in [5, 5.41) is 19.5. The molecule has 1 aromatic rings. The number of rotatable bonds is 11. The van der Waals surface area contributed by atoms with E-state index in [0.717, 1.165) is 19.3 Å². The van der Waals surface area contributed by atoms with Gasteiger partial charge in [-0.05, 0) is 33.2 Å². The summed E-state index contributed by atoms with van der Waals surface area (Å²) in [6.07, 6.45) is 3.87. The summed E-state index contributed by atoms with van der Waals surface area (Å²) >= 11 is 0. The lowest BCUT2D eigenvalue weighted by Crippen LogP contribution is -2.43. The minimum Gasteiger partial charge on any atom is -0.372 e. The average Bonchev–Trinajstić information content (AvgIpc) is 3.26. The number of carbonyl (C=O) groups excluding carboxylic acids is 2. The Balaban J connectivity index is 1.60. The van der Waals surface area contributed by atoms with Gasteiger partial charge in [-0.25, -0.2) is 0 Å². The average molecular weight is 367 g/mol. The van der Waals surface area contributed by atoms with E-state index in [1.54, 1.807) is 0 Å². The molecule has 0 aromatic carbocycles. The fraction of sp³-hybridized carbons (Fsp3) is 0.812. The van der Waals surface area contributed by atoms with E-state index in [1.165, 1.54) is 0 Å². The molecule has 0 saturated carbocycles. The quantitative estimate of drug-likeness (QED) is 0.440. The second-order valence-electron chi connectivity index (χ2n) is 6.48. The van der Waals surface area contributed by atoms with Crippen molar-refractivity contribution in [3.63, 3.8) is 0 Å². The van der Waals surface area contributed by atoms with Gasteiger partial charge in [-0.2, -0.15) is 5.21 Å². The molecule has 0 aliphatic carbocycles. The Morgan fingerprint density at radius 2 is 2.08 bits per heavy atom. The van der Waals surface area contributed by atoms with Crippen LogP contribution in [0.2, 0.25) is 0 Å². The Morgan fingerprint density at radius 3 is 2.81 bits per heavy atom. The van der Waals surface area contributed by atoms with E-state index in [-0.39, 0.29) is 30.5 Å². The topological polar surface area (TPSA) is 125 Å². The van der Waals surface area contributed by atoms with Crippen molar-refractivity contribution in [3.8, 4) is 0 Å². The molecule has 1 aromatic heterocycles. The lowest BCUT2D eigenvalue weighted by atomic mass is 10.1. The van der Waals surface area contributed by atoms with Gasteiger partial charge in [-0.3, -0.25) is 14.5 Å². The number of aromatic amines is 1. The Morgan fingerprint density at radius 1 is 1.27 bits per heavy atom. The number of likely N-dealkylation sites (N-methyl/N-ethyl adjacent to an activating group) is 1. The maximum atomic E-state index is 12.1. The first-order valence-electron chi connectivity index (χ1n) is 9.15. The number of aryl methyl sites for hydroxylation is 1. The monoisotopic (exact) mass is 367 g/mol. The largest absolute Gasteiger partial charge is 0.372 e. The van der Waals surface area contributed by atoms with Crippen LogP contribution in [0.25, 0.3) is 0 Å². The van der Waals surface area contributed by atoms with Crippen molar-refractivity contribution >= 4 is 11.8 Å². The van der Waals surface area contributed by atoms with Crippen molar-refractivity contribution in [2.75, 3.05) is 33.4 Å². The van der Waals surface area contributed by atoms with E-state index in [1.807, 2.05) is 14.0 Å². The Labute approximate surface area is 153 Å². The van der Waals surface area contributed by atoms with Gasteiger partial charge in [0.05, 0.1) is 0 Å². The van der Waals surface area contributed by atoms with E-state index in [0.29, 0.717) is 38.4 Å². The summed E-state index contributed by atoms with van der Waals surface area (Å²) in [6.45, 7) is 3.68. The van der Waals surface area contributed by atoms with Crippen molar-refractivity contribution in [2.45, 2.75) is 51.1 Å². The van der Waals surface area contributed by atoms with E-state index < -0.39 is 0 Å². The molecule has 2 rings (SSSR count). The van der Waals surface area contributed by atoms with Gasteiger partial charge in [0.1, 0.15) is 6.61 Å². The second kappa shape index (κ2) is 10.8. The number of aromatic nitrogens is 4. The Kier molecular flexibility index (Phi) is 8.42. The zero-order chi connectivity index (χ0) is 18.8. The predicted octanol–water partition coefficient (Wildman–Crippen LogP) is -0.746. The van der Waals surface area contributed by atoms with Crippen LogP contribution in [0.1, 0.15) is 38.4 Å². The normalized spacial score (nSPS) is 20.2. The van der Waals surface area contributed by atoms with Gasteiger partial charge in [-0.15, -0.1) is 10.2 Å². The molecule has 10 heteroatoms. The van der Waals surface area contributed by atoms with Crippen LogP contribution in [0.4, 0.5) is 0 Å². The number of ether oxygens (including phenoxy) is 1. The maximum absolute atomic E-state index is 12.1. The van der Waals surface area contributed by atoms with Crippen LogP contribution >= 0.6 is 0 Å². The van der Waals surface area contributed by atoms with Crippen LogP contribution in [0, 0.1) is 0 Å². The predicted molar refractivity (Wildman–Crippen MR) is 94.2 cm³/mol. The number of amides is 2. The summed E-state index contributed by atoms with van der Waals surface area (Å²) in [5.74, 6) is 0.614. The molecule has 0 spiro atoms. The lowest BCUT2D eigenvalue weighted by Gasteiger charge is -2.25. The third kappa shape index (κ3) is 6.68. The summed E-state index contributed by atoms with van der Waals surface area (Å²) in [6, 6.07) is 0.470. The number of H-pyrrole nitrogens is 1. The van der Waals surface area contributed by atoms with Crippen LogP contribution in [-0.2, 0) is 20.7 Å². The molecule has 146 valence electrons. The molecule has 26 heavy (non-hydrogen) atoms. The van der Waals surface area contributed by atoms with E-state index in [2.05, 4.69) is 36.2 Å². The minimum atomic E-state index is -0.0944. The molecule has 3 N–H and O–H groups in total. The zero-order valence-electron chi connectivity index (χ0n) is 15.5. The Bertz CT molecular complexity index is 552. The number of likely N-dealkylation sites (tertiary alicyclic amines) is 1. The minimum absolute atomic E-state index is 0.0518. The van der Waals surface area contributed by atoms with Gasteiger partial charge in [-0.1, -0.05) is 5.21 Å². The molecule has 1 aliphatic heterocycles. The van der Waals surface area contributed by atoms with Gasteiger partial charge < -0.3 is 15.4 Å². The number of hydrogen-bond donors (Lipinski definition) is 3. The van der Waals surface area contributed by atoms with Crippen LogP contribution in [0.3, 0.4) is 0 Å². The number of nitrogens with one attached hydrogen (secondary N) is 3. The fourth-order valence-electron chi connectivity index (χ4n) is 3.11. The van der Waals surface area contributed by atoms with Gasteiger partial charge >= 0.3 is 0 Å². The van der Waals surface area contributed by atoms with Crippen LogP contribution in [0.15, 0.2) is 0 Å². The molecule has 1 fully saturated rings. The molecular weight excluding hydrogens is 338 g/mol. The van der Waals surface area contributed by atoms with Crippen LogP contribution < -0.4 is 10.6 Å².